The number of fused-ring (bicyclic) bond motifs is 1. The Kier molecular flexibility index (Phi) is 8.29. The van der Waals surface area contributed by atoms with Gasteiger partial charge in [-0.25, -0.2) is 4.98 Å². The molecule has 188 valence electrons. The molecule has 3 rings (SSSR count). The van der Waals surface area contributed by atoms with E-state index in [1.165, 1.54) is 28.7 Å². The second-order valence-corrected chi connectivity index (χ2v) is 8.49. The third-order valence-corrected chi connectivity index (χ3v) is 5.74. The number of methoxy groups -OCH3 is 1. The molecule has 0 spiro atoms. The summed E-state index contributed by atoms with van der Waals surface area (Å²) in [7, 11) is 5.18. The van der Waals surface area contributed by atoms with Gasteiger partial charge in [0.1, 0.15) is 5.82 Å². The van der Waals surface area contributed by atoms with Crippen LogP contribution in [0.3, 0.4) is 0 Å². The summed E-state index contributed by atoms with van der Waals surface area (Å²) >= 11 is 0. The fourth-order valence-electron chi connectivity index (χ4n) is 3.82. The molecule has 1 heterocycles. The number of hydrogen-bond donors (Lipinski definition) is 0. The van der Waals surface area contributed by atoms with E-state index in [1.54, 1.807) is 31.2 Å². The van der Waals surface area contributed by atoms with Gasteiger partial charge in [-0.05, 0) is 51.4 Å². The summed E-state index contributed by atoms with van der Waals surface area (Å²) in [4.78, 5) is 34.8. The van der Waals surface area contributed by atoms with Crippen molar-refractivity contribution >= 4 is 16.8 Å². The number of aromatic nitrogens is 2. The lowest BCUT2D eigenvalue weighted by molar-refractivity contribution is -0.137. The van der Waals surface area contributed by atoms with Crippen LogP contribution in [0.1, 0.15) is 34.7 Å². The highest BCUT2D eigenvalue weighted by Crippen LogP contribution is 2.30. The van der Waals surface area contributed by atoms with Gasteiger partial charge in [0.05, 0.1) is 35.7 Å². The van der Waals surface area contributed by atoms with E-state index in [9.17, 15) is 22.8 Å². The normalized spacial score (nSPS) is 12.8. The molecule has 1 amide bonds. The number of carbonyl (C=O) groups excluding carboxylic acids is 1. The first-order chi connectivity index (χ1) is 16.5. The van der Waals surface area contributed by atoms with E-state index in [-0.39, 0.29) is 30.8 Å². The van der Waals surface area contributed by atoms with Crippen LogP contribution in [0.5, 0.6) is 0 Å². The van der Waals surface area contributed by atoms with Crippen LogP contribution >= 0.6 is 0 Å². The van der Waals surface area contributed by atoms with Crippen molar-refractivity contribution in [2.75, 3.05) is 40.9 Å². The molecule has 10 heteroatoms. The molecule has 0 aliphatic carbocycles. The number of carbonyl (C=O) groups is 1. The van der Waals surface area contributed by atoms with Crippen molar-refractivity contribution in [1.29, 1.82) is 0 Å². The zero-order valence-corrected chi connectivity index (χ0v) is 20.2. The summed E-state index contributed by atoms with van der Waals surface area (Å²) in [5.74, 6) is -0.240. The molecule has 2 aromatic carbocycles. The maximum atomic E-state index is 13.5. The number of hydrogen-bond acceptors (Lipinski definition) is 5. The van der Waals surface area contributed by atoms with Crippen LogP contribution in [0.2, 0.25) is 0 Å². The minimum absolute atomic E-state index is 0.0861. The zero-order chi connectivity index (χ0) is 25.8. The Morgan fingerprint density at radius 2 is 1.83 bits per heavy atom. The van der Waals surface area contributed by atoms with Crippen molar-refractivity contribution in [2.45, 2.75) is 25.7 Å². The van der Waals surface area contributed by atoms with Crippen molar-refractivity contribution in [2.24, 2.45) is 0 Å². The van der Waals surface area contributed by atoms with Crippen molar-refractivity contribution < 1.29 is 22.7 Å². The van der Waals surface area contributed by atoms with Crippen LogP contribution in [-0.2, 0) is 17.5 Å². The SMILES string of the molecule is COCCn1c(C(C)N(CCN(C)C)C(=O)c2cccc(C(F)(F)F)c2)nc2ccccc2c1=O. The highest BCUT2D eigenvalue weighted by Gasteiger charge is 2.32. The third-order valence-electron chi connectivity index (χ3n) is 5.74. The molecular formula is C25H29F3N4O3. The number of nitrogens with zero attached hydrogens (tertiary/aromatic N) is 4. The summed E-state index contributed by atoms with van der Waals surface area (Å²) in [6.07, 6.45) is -4.57. The number of likely N-dealkylation sites (N-methyl/N-ethyl adjacent to an activating group) is 1. The van der Waals surface area contributed by atoms with Gasteiger partial charge in [0.15, 0.2) is 0 Å². The number of alkyl halides is 3. The number of para-hydroxylation sites is 1. The maximum absolute atomic E-state index is 13.5. The van der Waals surface area contributed by atoms with Gasteiger partial charge in [0.25, 0.3) is 11.5 Å². The number of halogens is 3. The molecule has 0 radical (unpaired) electrons. The Balaban J connectivity index is 2.11. The minimum Gasteiger partial charge on any atom is -0.383 e. The Morgan fingerprint density at radius 3 is 2.49 bits per heavy atom. The molecule has 0 aliphatic heterocycles. The first kappa shape index (κ1) is 26.4. The Bertz CT molecular complexity index is 1240. The number of benzene rings is 2. The minimum atomic E-state index is -4.57. The molecule has 1 aromatic heterocycles. The average Bonchev–Trinajstić information content (AvgIpc) is 2.82. The summed E-state index contributed by atoms with van der Waals surface area (Å²) < 4.78 is 46.5. The topological polar surface area (TPSA) is 67.7 Å². The number of rotatable bonds is 9. The predicted molar refractivity (Wildman–Crippen MR) is 127 cm³/mol. The lowest BCUT2D eigenvalue weighted by Gasteiger charge is -2.31. The summed E-state index contributed by atoms with van der Waals surface area (Å²) in [6, 6.07) is 10.6. The van der Waals surface area contributed by atoms with Crippen molar-refractivity contribution in [3.05, 3.63) is 75.8 Å². The average molecular weight is 491 g/mol. The zero-order valence-electron chi connectivity index (χ0n) is 20.2. The van der Waals surface area contributed by atoms with Crippen molar-refractivity contribution in [3.63, 3.8) is 0 Å². The fourth-order valence-corrected chi connectivity index (χ4v) is 3.82. The third kappa shape index (κ3) is 6.07. The molecule has 0 N–H and O–H groups in total. The van der Waals surface area contributed by atoms with Gasteiger partial charge in [-0.3, -0.25) is 14.2 Å². The monoisotopic (exact) mass is 490 g/mol. The van der Waals surface area contributed by atoms with E-state index >= 15 is 0 Å². The van der Waals surface area contributed by atoms with E-state index in [0.717, 1.165) is 12.1 Å². The van der Waals surface area contributed by atoms with Gasteiger partial charge in [0.2, 0.25) is 0 Å². The summed E-state index contributed by atoms with van der Waals surface area (Å²) in [5, 5.41) is 0.434. The molecule has 0 saturated heterocycles. The molecule has 7 nitrogen and oxygen atoms in total. The van der Waals surface area contributed by atoms with Gasteiger partial charge in [-0.1, -0.05) is 18.2 Å². The van der Waals surface area contributed by atoms with Crippen molar-refractivity contribution in [3.8, 4) is 0 Å². The predicted octanol–water partition coefficient (Wildman–Crippen LogP) is 3.83. The summed E-state index contributed by atoms with van der Waals surface area (Å²) in [6.45, 7) is 2.87. The van der Waals surface area contributed by atoms with Crippen LogP contribution < -0.4 is 5.56 Å². The fraction of sp³-hybridized carbons (Fsp3) is 0.400. The number of ether oxygens (including phenoxy) is 1. The van der Waals surface area contributed by atoms with Crippen LogP contribution in [0.4, 0.5) is 13.2 Å². The molecule has 0 aliphatic rings. The van der Waals surface area contributed by atoms with E-state index in [0.29, 0.717) is 23.3 Å². The molecular weight excluding hydrogens is 461 g/mol. The number of amides is 1. The largest absolute Gasteiger partial charge is 0.416 e. The lowest BCUT2D eigenvalue weighted by Crippen LogP contribution is -2.41. The molecule has 0 fully saturated rings. The standard InChI is InChI=1S/C25H29F3N4O3/c1-17(22-29-21-11-6-5-10-20(21)24(34)32(22)14-15-35-4)31(13-12-30(2)3)23(33)18-8-7-9-19(16-18)25(26,27)28/h5-11,16-17H,12-15H2,1-4H3. The smallest absolute Gasteiger partial charge is 0.383 e. The first-order valence-electron chi connectivity index (χ1n) is 11.2. The van der Waals surface area contributed by atoms with Gasteiger partial charge in [-0.15, -0.1) is 0 Å². The first-order valence-corrected chi connectivity index (χ1v) is 11.2. The van der Waals surface area contributed by atoms with Crippen LogP contribution in [0, 0.1) is 0 Å². The quantitative estimate of drug-likeness (QED) is 0.456. The molecule has 3 aromatic rings. The highest BCUT2D eigenvalue weighted by molar-refractivity contribution is 5.94. The molecule has 35 heavy (non-hydrogen) atoms. The Labute approximate surface area is 201 Å². The maximum Gasteiger partial charge on any atom is 0.416 e. The van der Waals surface area contributed by atoms with Gasteiger partial charge in [0, 0.05) is 25.8 Å². The van der Waals surface area contributed by atoms with E-state index in [1.807, 2.05) is 19.0 Å². The van der Waals surface area contributed by atoms with Crippen molar-refractivity contribution in [1.82, 2.24) is 19.4 Å². The highest BCUT2D eigenvalue weighted by atomic mass is 19.4. The molecule has 1 atom stereocenters. The van der Waals surface area contributed by atoms with Gasteiger partial charge >= 0.3 is 6.18 Å². The molecule has 1 unspecified atom stereocenters. The van der Waals surface area contributed by atoms with E-state index < -0.39 is 23.7 Å². The molecule has 0 saturated carbocycles. The van der Waals surface area contributed by atoms with E-state index in [4.69, 9.17) is 4.74 Å². The second kappa shape index (κ2) is 11.0. The molecule has 0 bridgehead atoms. The van der Waals surface area contributed by atoms with Gasteiger partial charge in [-0.2, -0.15) is 13.2 Å². The van der Waals surface area contributed by atoms with Gasteiger partial charge < -0.3 is 14.5 Å². The second-order valence-electron chi connectivity index (χ2n) is 8.49. The Morgan fingerprint density at radius 1 is 1.11 bits per heavy atom. The van der Waals surface area contributed by atoms with Crippen LogP contribution in [-0.4, -0.2) is 66.2 Å². The van der Waals surface area contributed by atoms with E-state index in [2.05, 4.69) is 4.98 Å². The lowest BCUT2D eigenvalue weighted by atomic mass is 10.1. The Hall–Kier alpha value is -3.24. The van der Waals surface area contributed by atoms with Crippen LogP contribution in [0.25, 0.3) is 10.9 Å². The van der Waals surface area contributed by atoms with Crippen LogP contribution in [0.15, 0.2) is 53.3 Å². The summed E-state index contributed by atoms with van der Waals surface area (Å²) in [5.41, 5.74) is -0.776.